The van der Waals surface area contributed by atoms with Crippen molar-refractivity contribution in [3.05, 3.63) is 12.2 Å². The Morgan fingerprint density at radius 3 is 1.65 bits per heavy atom. The highest BCUT2D eigenvalue weighted by atomic mass is 19.4. The largest absolute Gasteiger partial charge is 0.414 e. The minimum absolute atomic E-state index is 0.165. The van der Waals surface area contributed by atoms with E-state index in [0.717, 1.165) is 32.1 Å². The molecule has 23 heavy (non-hydrogen) atoms. The number of rotatable bonds is 15. The predicted octanol–water partition coefficient (Wildman–Crippen LogP) is 6.95. The molecule has 0 unspecified atom stereocenters. The number of unbranched alkanes of at least 4 members (excludes halogenated alkanes) is 11. The van der Waals surface area contributed by atoms with E-state index in [1.165, 1.54) is 44.9 Å². The quantitative estimate of drug-likeness (QED) is 0.253. The summed E-state index contributed by atoms with van der Waals surface area (Å²) in [5.41, 5.74) is 0. The van der Waals surface area contributed by atoms with Crippen LogP contribution in [-0.2, 0) is 0 Å². The second-order valence-electron chi connectivity index (χ2n) is 6.43. The van der Waals surface area contributed by atoms with Crippen molar-refractivity contribution in [1.82, 2.24) is 0 Å². The van der Waals surface area contributed by atoms with E-state index in [-0.39, 0.29) is 6.42 Å². The van der Waals surface area contributed by atoms with E-state index in [4.69, 9.17) is 5.11 Å². The van der Waals surface area contributed by atoms with Gasteiger partial charge in [0.05, 0.1) is 0 Å². The van der Waals surface area contributed by atoms with Crippen LogP contribution in [0.1, 0.15) is 96.8 Å². The number of allylic oxidation sites excluding steroid dienone is 2. The average Bonchev–Trinajstić information content (AvgIpc) is 2.50. The molecule has 0 radical (unpaired) electrons. The van der Waals surface area contributed by atoms with Crippen LogP contribution in [0.2, 0.25) is 0 Å². The third kappa shape index (κ3) is 16.1. The molecule has 0 bridgehead atoms. The van der Waals surface area contributed by atoms with Gasteiger partial charge in [-0.3, -0.25) is 0 Å². The lowest BCUT2D eigenvalue weighted by molar-refractivity contribution is -0.205. The highest BCUT2D eigenvalue weighted by Crippen LogP contribution is 2.24. The molecule has 0 saturated carbocycles. The van der Waals surface area contributed by atoms with Gasteiger partial charge in [0.1, 0.15) is 6.10 Å². The van der Waals surface area contributed by atoms with Crippen LogP contribution in [-0.4, -0.2) is 17.4 Å². The minimum atomic E-state index is -4.46. The number of aliphatic hydroxyl groups excluding tert-OH is 1. The first-order chi connectivity index (χ1) is 11.0. The molecule has 1 nitrogen and oxygen atoms in total. The molecule has 0 amide bonds. The molecule has 0 aliphatic carbocycles. The van der Waals surface area contributed by atoms with E-state index < -0.39 is 12.3 Å². The third-order valence-electron chi connectivity index (χ3n) is 4.12. The van der Waals surface area contributed by atoms with Crippen LogP contribution in [0.3, 0.4) is 0 Å². The van der Waals surface area contributed by atoms with Crippen molar-refractivity contribution in [2.75, 3.05) is 0 Å². The second-order valence-corrected chi connectivity index (χ2v) is 6.43. The Kier molecular flexibility index (Phi) is 14.7. The summed E-state index contributed by atoms with van der Waals surface area (Å²) in [4.78, 5) is 0. The summed E-state index contributed by atoms with van der Waals surface area (Å²) in [6, 6.07) is 0. The zero-order chi connectivity index (χ0) is 17.4. The van der Waals surface area contributed by atoms with E-state index in [9.17, 15) is 13.2 Å². The van der Waals surface area contributed by atoms with E-state index in [1.807, 2.05) is 0 Å². The number of aliphatic hydroxyl groups is 1. The Morgan fingerprint density at radius 1 is 0.739 bits per heavy atom. The fraction of sp³-hybridized carbons (Fsp3) is 0.895. The van der Waals surface area contributed by atoms with Crippen molar-refractivity contribution in [2.24, 2.45) is 0 Å². The van der Waals surface area contributed by atoms with Crippen LogP contribution in [0.4, 0.5) is 13.2 Å². The Labute approximate surface area is 140 Å². The topological polar surface area (TPSA) is 20.2 Å². The lowest BCUT2D eigenvalue weighted by Crippen LogP contribution is -2.28. The summed E-state index contributed by atoms with van der Waals surface area (Å²) < 4.78 is 36.2. The highest BCUT2D eigenvalue weighted by Gasteiger charge is 2.37. The minimum Gasteiger partial charge on any atom is -0.384 e. The van der Waals surface area contributed by atoms with Crippen LogP contribution >= 0.6 is 0 Å². The molecule has 0 aromatic carbocycles. The molecule has 4 heteroatoms. The van der Waals surface area contributed by atoms with Gasteiger partial charge in [0.15, 0.2) is 0 Å². The first-order valence-electron chi connectivity index (χ1n) is 9.38. The van der Waals surface area contributed by atoms with E-state index in [2.05, 4.69) is 19.1 Å². The standard InChI is InChI=1S/C19H35F3O/c1-2-3-4-5-6-7-8-9-10-11-12-13-14-15-16-17-18(23)19(20,21)22/h9-10,18,23H,2-8,11-17H2,1H3/b10-9-/t18-/m1/s1. The Morgan fingerprint density at radius 2 is 1.17 bits per heavy atom. The third-order valence-corrected chi connectivity index (χ3v) is 4.12. The number of halogens is 3. The predicted molar refractivity (Wildman–Crippen MR) is 91.5 cm³/mol. The monoisotopic (exact) mass is 336 g/mol. The molecule has 0 aliphatic rings. The summed E-state index contributed by atoms with van der Waals surface area (Å²) in [6.07, 6.45) is 12.3. The van der Waals surface area contributed by atoms with Gasteiger partial charge in [-0.05, 0) is 32.1 Å². The van der Waals surface area contributed by atoms with Gasteiger partial charge in [-0.2, -0.15) is 13.2 Å². The Bertz CT molecular complexity index is 274. The molecule has 0 aromatic heterocycles. The second kappa shape index (κ2) is 15.0. The smallest absolute Gasteiger partial charge is 0.384 e. The van der Waals surface area contributed by atoms with Gasteiger partial charge in [-0.25, -0.2) is 0 Å². The van der Waals surface area contributed by atoms with Gasteiger partial charge >= 0.3 is 6.18 Å². The van der Waals surface area contributed by atoms with Crippen molar-refractivity contribution < 1.29 is 18.3 Å². The van der Waals surface area contributed by atoms with Gasteiger partial charge in [0.25, 0.3) is 0 Å². The van der Waals surface area contributed by atoms with Crippen LogP contribution in [0.5, 0.6) is 0 Å². The van der Waals surface area contributed by atoms with Gasteiger partial charge in [0, 0.05) is 0 Å². The van der Waals surface area contributed by atoms with E-state index in [1.54, 1.807) is 0 Å². The van der Waals surface area contributed by atoms with Crippen LogP contribution in [0.15, 0.2) is 12.2 Å². The summed E-state index contributed by atoms with van der Waals surface area (Å²) in [5.74, 6) is 0. The lowest BCUT2D eigenvalue weighted by Gasteiger charge is -2.13. The molecule has 1 atom stereocenters. The highest BCUT2D eigenvalue weighted by molar-refractivity contribution is 4.81. The van der Waals surface area contributed by atoms with E-state index in [0.29, 0.717) is 6.42 Å². The first-order valence-corrected chi connectivity index (χ1v) is 9.38. The molecule has 0 aliphatic heterocycles. The molecule has 0 spiro atoms. The number of hydrogen-bond donors (Lipinski definition) is 1. The molecule has 0 aromatic rings. The molecular formula is C19H35F3O. The van der Waals surface area contributed by atoms with Crippen molar-refractivity contribution in [1.29, 1.82) is 0 Å². The summed E-state index contributed by atoms with van der Waals surface area (Å²) in [6.45, 7) is 2.23. The number of alkyl halides is 3. The molecule has 0 saturated heterocycles. The summed E-state index contributed by atoms with van der Waals surface area (Å²) in [7, 11) is 0. The average molecular weight is 336 g/mol. The fourth-order valence-electron chi connectivity index (χ4n) is 2.57. The first kappa shape index (κ1) is 22.5. The molecule has 0 fully saturated rings. The molecule has 138 valence electrons. The zero-order valence-corrected chi connectivity index (χ0v) is 14.7. The SMILES string of the molecule is CCCCCCCC/C=C\CCCCCCC[C@@H](O)C(F)(F)F. The fourth-order valence-corrected chi connectivity index (χ4v) is 2.57. The Balaban J connectivity index is 3.22. The van der Waals surface area contributed by atoms with Gasteiger partial charge < -0.3 is 5.11 Å². The van der Waals surface area contributed by atoms with Crippen LogP contribution < -0.4 is 0 Å². The van der Waals surface area contributed by atoms with Gasteiger partial charge in [-0.1, -0.05) is 76.9 Å². The van der Waals surface area contributed by atoms with Crippen LogP contribution in [0.25, 0.3) is 0 Å². The normalized spacial score (nSPS) is 13.8. The maximum Gasteiger partial charge on any atom is 0.414 e. The van der Waals surface area contributed by atoms with E-state index >= 15 is 0 Å². The van der Waals surface area contributed by atoms with Crippen molar-refractivity contribution in [3.8, 4) is 0 Å². The summed E-state index contributed by atoms with van der Waals surface area (Å²) in [5, 5.41) is 8.86. The van der Waals surface area contributed by atoms with Gasteiger partial charge in [-0.15, -0.1) is 0 Å². The van der Waals surface area contributed by atoms with Crippen LogP contribution in [0, 0.1) is 0 Å². The molecule has 1 N–H and O–H groups in total. The maximum atomic E-state index is 12.1. The number of hydrogen-bond acceptors (Lipinski definition) is 1. The van der Waals surface area contributed by atoms with Crippen molar-refractivity contribution in [2.45, 2.75) is 109 Å². The molecule has 0 rings (SSSR count). The Hall–Kier alpha value is -0.510. The van der Waals surface area contributed by atoms with Gasteiger partial charge in [0.2, 0.25) is 0 Å². The zero-order valence-electron chi connectivity index (χ0n) is 14.7. The van der Waals surface area contributed by atoms with Crippen molar-refractivity contribution in [3.63, 3.8) is 0 Å². The van der Waals surface area contributed by atoms with Crippen molar-refractivity contribution >= 4 is 0 Å². The maximum absolute atomic E-state index is 12.1. The molecular weight excluding hydrogens is 301 g/mol. The molecule has 0 heterocycles. The lowest BCUT2D eigenvalue weighted by atomic mass is 10.1. The summed E-state index contributed by atoms with van der Waals surface area (Å²) >= 11 is 0.